The number of halogens is 2. The lowest BCUT2D eigenvalue weighted by Gasteiger charge is -2.28. The van der Waals surface area contributed by atoms with E-state index in [2.05, 4.69) is 0 Å². The first kappa shape index (κ1) is 16.2. The summed E-state index contributed by atoms with van der Waals surface area (Å²) < 4.78 is 13.5. The second kappa shape index (κ2) is 6.51. The Morgan fingerprint density at radius 1 is 1.55 bits per heavy atom. The third kappa shape index (κ3) is 3.80. The number of rotatable bonds is 6. The number of nitrogens with zero attached hydrogens (tertiary/aromatic N) is 2. The van der Waals surface area contributed by atoms with Gasteiger partial charge in [0.25, 0.3) is 5.69 Å². The molecule has 0 saturated carbocycles. The molecule has 6 nitrogen and oxygen atoms in total. The molecular formula is C12H14ClFN2O4. The summed E-state index contributed by atoms with van der Waals surface area (Å²) in [6.45, 7) is 3.51. The largest absolute Gasteiger partial charge is 0.481 e. The minimum Gasteiger partial charge on any atom is -0.481 e. The number of nitro groups is 1. The maximum Gasteiger partial charge on any atom is 0.305 e. The average Bonchev–Trinajstić information content (AvgIpc) is 2.32. The maximum absolute atomic E-state index is 13.5. The normalized spacial score (nSPS) is 10.7. The van der Waals surface area contributed by atoms with E-state index in [1.807, 2.05) is 0 Å². The Morgan fingerprint density at radius 2 is 2.15 bits per heavy atom. The van der Waals surface area contributed by atoms with Gasteiger partial charge in [0.1, 0.15) is 11.5 Å². The zero-order chi connectivity index (χ0) is 15.4. The third-order valence-corrected chi connectivity index (χ3v) is 3.00. The highest BCUT2D eigenvalue weighted by molar-refractivity contribution is 6.31. The lowest BCUT2D eigenvalue weighted by atomic mass is 10.2. The summed E-state index contributed by atoms with van der Waals surface area (Å²) in [6, 6.07) is 1.67. The van der Waals surface area contributed by atoms with Crippen molar-refractivity contribution in [3.05, 3.63) is 33.1 Å². The molecule has 1 aromatic rings. The van der Waals surface area contributed by atoms with Crippen LogP contribution in [0.1, 0.15) is 20.3 Å². The summed E-state index contributed by atoms with van der Waals surface area (Å²) >= 11 is 5.55. The topological polar surface area (TPSA) is 83.7 Å². The summed E-state index contributed by atoms with van der Waals surface area (Å²) in [5.41, 5.74) is -0.330. The highest BCUT2D eigenvalue weighted by Crippen LogP contribution is 2.34. The number of carbonyl (C=O) groups is 1. The Labute approximate surface area is 119 Å². The summed E-state index contributed by atoms with van der Waals surface area (Å²) in [5.74, 6) is -1.82. The smallest absolute Gasteiger partial charge is 0.305 e. The number of aliphatic carboxylic acids is 1. The molecule has 1 N–H and O–H groups in total. The number of nitro benzene ring substituents is 1. The van der Waals surface area contributed by atoms with Crippen molar-refractivity contribution in [2.75, 3.05) is 11.4 Å². The summed E-state index contributed by atoms with van der Waals surface area (Å²) in [5, 5.41) is 19.4. The minimum absolute atomic E-state index is 0.0214. The van der Waals surface area contributed by atoms with Crippen molar-refractivity contribution < 1.29 is 19.2 Å². The standard InChI is InChI=1S/C12H14ClFN2O4/c1-7(2)15(4-3-12(17)18)10-6-9(14)8(13)5-11(10)16(19)20/h5-7H,3-4H2,1-2H3,(H,17,18). The van der Waals surface area contributed by atoms with Crippen LogP contribution in [0.5, 0.6) is 0 Å². The molecule has 1 aromatic carbocycles. The fourth-order valence-electron chi connectivity index (χ4n) is 1.78. The lowest BCUT2D eigenvalue weighted by Crippen LogP contribution is -2.33. The number of benzene rings is 1. The predicted molar refractivity (Wildman–Crippen MR) is 72.8 cm³/mol. The van der Waals surface area contributed by atoms with Crippen LogP contribution in [-0.4, -0.2) is 28.6 Å². The molecule has 0 amide bonds. The van der Waals surface area contributed by atoms with Gasteiger partial charge in [-0.25, -0.2) is 4.39 Å². The zero-order valence-electron chi connectivity index (χ0n) is 11.0. The van der Waals surface area contributed by atoms with Crippen LogP contribution in [0.2, 0.25) is 5.02 Å². The van der Waals surface area contributed by atoms with E-state index < -0.39 is 16.7 Å². The maximum atomic E-state index is 13.5. The second-order valence-electron chi connectivity index (χ2n) is 4.44. The van der Waals surface area contributed by atoms with Crippen molar-refractivity contribution in [3.63, 3.8) is 0 Å². The Bertz CT molecular complexity index is 536. The Kier molecular flexibility index (Phi) is 5.26. The Hall–Kier alpha value is -1.89. The molecule has 0 aromatic heterocycles. The van der Waals surface area contributed by atoms with Gasteiger partial charge >= 0.3 is 5.97 Å². The van der Waals surface area contributed by atoms with E-state index >= 15 is 0 Å². The summed E-state index contributed by atoms with van der Waals surface area (Å²) in [6.07, 6.45) is -0.209. The third-order valence-electron chi connectivity index (χ3n) is 2.71. The van der Waals surface area contributed by atoms with Crippen LogP contribution < -0.4 is 4.90 Å². The van der Waals surface area contributed by atoms with Gasteiger partial charge in [-0.05, 0) is 13.8 Å². The summed E-state index contributed by atoms with van der Waals surface area (Å²) in [7, 11) is 0. The number of carboxylic acid groups (broad SMARTS) is 1. The monoisotopic (exact) mass is 304 g/mol. The zero-order valence-corrected chi connectivity index (χ0v) is 11.7. The van der Waals surface area contributed by atoms with Gasteiger partial charge in [0, 0.05) is 24.7 Å². The van der Waals surface area contributed by atoms with Crippen LogP contribution in [0.3, 0.4) is 0 Å². The van der Waals surface area contributed by atoms with Gasteiger partial charge in [0.15, 0.2) is 0 Å². The number of carboxylic acids is 1. The molecule has 0 atom stereocenters. The van der Waals surface area contributed by atoms with Gasteiger partial charge < -0.3 is 10.0 Å². The highest BCUT2D eigenvalue weighted by atomic mass is 35.5. The van der Waals surface area contributed by atoms with Gasteiger partial charge in [-0.3, -0.25) is 14.9 Å². The molecule has 0 saturated heterocycles. The van der Waals surface area contributed by atoms with Crippen LogP contribution in [-0.2, 0) is 4.79 Å². The molecule has 0 unspecified atom stereocenters. The number of anilines is 1. The Morgan fingerprint density at radius 3 is 2.60 bits per heavy atom. The van der Waals surface area contributed by atoms with Crippen molar-refractivity contribution in [2.45, 2.75) is 26.3 Å². The SMILES string of the molecule is CC(C)N(CCC(=O)O)c1cc(F)c(Cl)cc1[N+](=O)[O-]. The molecule has 0 aliphatic carbocycles. The van der Waals surface area contributed by atoms with Crippen molar-refractivity contribution >= 4 is 28.9 Å². The summed E-state index contributed by atoms with van der Waals surface area (Å²) in [4.78, 5) is 22.5. The molecule has 0 bridgehead atoms. The molecule has 8 heteroatoms. The van der Waals surface area contributed by atoms with Crippen LogP contribution in [0.15, 0.2) is 12.1 Å². The van der Waals surface area contributed by atoms with Gasteiger partial charge in [-0.2, -0.15) is 0 Å². The molecule has 0 spiro atoms. The fourth-order valence-corrected chi connectivity index (χ4v) is 1.93. The molecule has 1 rings (SSSR count). The van der Waals surface area contributed by atoms with Crippen LogP contribution in [0, 0.1) is 15.9 Å². The molecule has 110 valence electrons. The van der Waals surface area contributed by atoms with E-state index in [0.29, 0.717) is 0 Å². The molecular weight excluding hydrogens is 291 g/mol. The molecule has 0 heterocycles. The fraction of sp³-hybridized carbons (Fsp3) is 0.417. The number of hydrogen-bond donors (Lipinski definition) is 1. The highest BCUT2D eigenvalue weighted by Gasteiger charge is 2.24. The van der Waals surface area contributed by atoms with E-state index in [-0.39, 0.29) is 35.4 Å². The number of hydrogen-bond acceptors (Lipinski definition) is 4. The molecule has 0 fully saturated rings. The van der Waals surface area contributed by atoms with Crippen LogP contribution in [0.4, 0.5) is 15.8 Å². The Balaban J connectivity index is 3.27. The van der Waals surface area contributed by atoms with Crippen molar-refractivity contribution in [1.29, 1.82) is 0 Å². The first-order chi connectivity index (χ1) is 9.23. The van der Waals surface area contributed by atoms with Gasteiger partial charge in [0.05, 0.1) is 16.4 Å². The second-order valence-corrected chi connectivity index (χ2v) is 4.85. The molecule has 0 radical (unpaired) electrons. The van der Waals surface area contributed by atoms with E-state index in [9.17, 15) is 19.3 Å². The minimum atomic E-state index is -1.03. The van der Waals surface area contributed by atoms with E-state index in [1.165, 1.54) is 4.90 Å². The van der Waals surface area contributed by atoms with Crippen molar-refractivity contribution in [1.82, 2.24) is 0 Å². The quantitative estimate of drug-likeness (QED) is 0.645. The first-order valence-corrected chi connectivity index (χ1v) is 6.23. The van der Waals surface area contributed by atoms with E-state index in [1.54, 1.807) is 13.8 Å². The predicted octanol–water partition coefficient (Wildman–Crippen LogP) is 3.08. The van der Waals surface area contributed by atoms with Gasteiger partial charge in [-0.1, -0.05) is 11.6 Å². The van der Waals surface area contributed by atoms with Crippen LogP contribution in [0.25, 0.3) is 0 Å². The molecule has 0 aliphatic heterocycles. The first-order valence-electron chi connectivity index (χ1n) is 5.86. The molecule has 20 heavy (non-hydrogen) atoms. The van der Waals surface area contributed by atoms with E-state index in [4.69, 9.17) is 16.7 Å². The lowest BCUT2D eigenvalue weighted by molar-refractivity contribution is -0.384. The van der Waals surface area contributed by atoms with Crippen molar-refractivity contribution in [2.24, 2.45) is 0 Å². The molecule has 0 aliphatic rings. The van der Waals surface area contributed by atoms with Gasteiger partial charge in [0.2, 0.25) is 0 Å². The van der Waals surface area contributed by atoms with Crippen molar-refractivity contribution in [3.8, 4) is 0 Å². The average molecular weight is 305 g/mol. The van der Waals surface area contributed by atoms with Gasteiger partial charge in [-0.15, -0.1) is 0 Å². The van der Waals surface area contributed by atoms with E-state index in [0.717, 1.165) is 12.1 Å². The van der Waals surface area contributed by atoms with Crippen LogP contribution >= 0.6 is 11.6 Å².